The summed E-state index contributed by atoms with van der Waals surface area (Å²) in [5.41, 5.74) is 3.95. The molecular weight excluding hydrogens is 526 g/mol. The van der Waals surface area contributed by atoms with Crippen LogP contribution in [0.3, 0.4) is 0 Å². The van der Waals surface area contributed by atoms with E-state index in [1.807, 2.05) is 30.3 Å². The molecule has 0 aromatic heterocycles. The summed E-state index contributed by atoms with van der Waals surface area (Å²) >= 11 is 6.57. The molecule has 6 nitrogen and oxygen atoms in total. The van der Waals surface area contributed by atoms with Crippen molar-refractivity contribution in [3.63, 3.8) is 0 Å². The fourth-order valence-corrected chi connectivity index (χ4v) is 3.82. The molecule has 156 valence electrons. The maximum absolute atomic E-state index is 12.7. The van der Waals surface area contributed by atoms with Gasteiger partial charge in [0.25, 0.3) is 11.8 Å². The molecule has 3 rings (SSSR count). The first-order valence-corrected chi connectivity index (χ1v) is 10.7. The molecule has 0 saturated carbocycles. The number of hydrazone groups is 1. The van der Waals surface area contributed by atoms with E-state index in [0.29, 0.717) is 15.6 Å². The number of carbonyl (C=O) groups is 2. The Morgan fingerprint density at radius 3 is 2.26 bits per heavy atom. The van der Waals surface area contributed by atoms with Gasteiger partial charge >= 0.3 is 0 Å². The monoisotopic (exact) mass is 541 g/mol. The van der Waals surface area contributed by atoms with Crippen LogP contribution in [0.2, 0.25) is 0 Å². The molecule has 0 unspecified atom stereocenters. The first-order valence-electron chi connectivity index (χ1n) is 9.08. The van der Waals surface area contributed by atoms with Crippen molar-refractivity contribution >= 4 is 56.0 Å². The van der Waals surface area contributed by atoms with Gasteiger partial charge in [-0.1, -0.05) is 64.5 Å². The van der Waals surface area contributed by atoms with Crippen LogP contribution >= 0.6 is 31.9 Å². The molecule has 0 saturated heterocycles. The highest BCUT2D eigenvalue weighted by molar-refractivity contribution is 9.11. The number of carbonyl (C=O) groups excluding carboxylic acids is 2. The summed E-state index contributed by atoms with van der Waals surface area (Å²) in [6.07, 6.45) is 2.86. The second kappa shape index (κ2) is 10.7. The summed E-state index contributed by atoms with van der Waals surface area (Å²) < 4.78 is 1.21. The Bertz CT molecular complexity index is 1150. The lowest BCUT2D eigenvalue weighted by Crippen LogP contribution is -2.32. The lowest BCUT2D eigenvalue weighted by Gasteiger charge is -2.09. The predicted molar refractivity (Wildman–Crippen MR) is 128 cm³/mol. The minimum Gasteiger partial charge on any atom is -0.506 e. The first-order chi connectivity index (χ1) is 14.9. The number of rotatable bonds is 6. The van der Waals surface area contributed by atoms with Crippen molar-refractivity contribution in [2.45, 2.75) is 0 Å². The smallest absolute Gasteiger partial charge is 0.287 e. The average molecular weight is 543 g/mol. The Kier molecular flexibility index (Phi) is 7.75. The molecule has 0 fully saturated rings. The third-order valence-corrected chi connectivity index (χ3v) is 5.13. The minimum absolute atomic E-state index is 0.0152. The Balaban J connectivity index is 1.81. The minimum atomic E-state index is -0.613. The number of aromatic hydroxyl groups is 1. The van der Waals surface area contributed by atoms with Gasteiger partial charge in [-0.2, -0.15) is 5.10 Å². The van der Waals surface area contributed by atoms with Crippen LogP contribution in [0.4, 0.5) is 0 Å². The summed E-state index contributed by atoms with van der Waals surface area (Å²) in [5.74, 6) is -1.05. The van der Waals surface area contributed by atoms with Crippen LogP contribution in [0.1, 0.15) is 21.5 Å². The lowest BCUT2D eigenvalue weighted by molar-refractivity contribution is -0.117. The van der Waals surface area contributed by atoms with Crippen molar-refractivity contribution in [1.82, 2.24) is 10.7 Å². The van der Waals surface area contributed by atoms with Crippen LogP contribution in [-0.2, 0) is 4.79 Å². The van der Waals surface area contributed by atoms with Crippen LogP contribution in [0.15, 0.2) is 92.5 Å². The lowest BCUT2D eigenvalue weighted by atomic mass is 10.1. The fraction of sp³-hybridized carbons (Fsp3) is 0. The zero-order chi connectivity index (χ0) is 22.2. The number of amides is 2. The number of nitrogens with zero attached hydrogens (tertiary/aromatic N) is 1. The molecule has 0 aliphatic rings. The van der Waals surface area contributed by atoms with Crippen LogP contribution < -0.4 is 10.7 Å². The van der Waals surface area contributed by atoms with Crippen LogP contribution in [0, 0.1) is 0 Å². The Labute approximate surface area is 195 Å². The number of phenols is 1. The molecule has 3 N–H and O–H groups in total. The number of hydrogen-bond acceptors (Lipinski definition) is 4. The van der Waals surface area contributed by atoms with E-state index in [-0.39, 0.29) is 11.4 Å². The molecule has 0 radical (unpaired) electrons. The van der Waals surface area contributed by atoms with Gasteiger partial charge < -0.3 is 10.4 Å². The molecule has 0 aliphatic heterocycles. The Hall–Kier alpha value is -3.23. The van der Waals surface area contributed by atoms with Crippen molar-refractivity contribution in [3.8, 4) is 5.75 Å². The largest absolute Gasteiger partial charge is 0.506 e. The summed E-state index contributed by atoms with van der Waals surface area (Å²) in [6.45, 7) is 0. The van der Waals surface area contributed by atoms with Gasteiger partial charge in [0, 0.05) is 15.6 Å². The van der Waals surface area contributed by atoms with Crippen molar-refractivity contribution in [3.05, 3.63) is 104 Å². The van der Waals surface area contributed by atoms with E-state index in [2.05, 4.69) is 47.7 Å². The third-order valence-electron chi connectivity index (χ3n) is 4.07. The van der Waals surface area contributed by atoms with E-state index in [4.69, 9.17) is 0 Å². The highest BCUT2D eigenvalue weighted by Gasteiger charge is 2.14. The number of nitrogens with one attached hydrogen (secondary N) is 2. The van der Waals surface area contributed by atoms with Gasteiger partial charge in [-0.15, -0.1) is 0 Å². The molecule has 2 amide bonds. The van der Waals surface area contributed by atoms with E-state index in [0.717, 1.165) is 10.0 Å². The number of phenolic OH excluding ortho intramolecular Hbond substituents is 1. The van der Waals surface area contributed by atoms with Crippen molar-refractivity contribution in [2.75, 3.05) is 0 Å². The average Bonchev–Trinajstić information content (AvgIpc) is 2.77. The van der Waals surface area contributed by atoms with E-state index in [1.54, 1.807) is 48.5 Å². The Morgan fingerprint density at radius 2 is 1.58 bits per heavy atom. The first kappa shape index (κ1) is 22.5. The van der Waals surface area contributed by atoms with Gasteiger partial charge in [-0.25, -0.2) is 5.43 Å². The molecule has 3 aromatic carbocycles. The van der Waals surface area contributed by atoms with Crippen molar-refractivity contribution in [2.24, 2.45) is 5.10 Å². The SMILES string of the molecule is O=C(NN=Cc1cc(Br)cc(Br)c1O)C(=Cc1ccccc1)NC(=O)c1ccccc1. The Morgan fingerprint density at radius 1 is 0.935 bits per heavy atom. The standard InChI is InChI=1S/C23H17Br2N3O3/c24-18-12-17(21(29)19(25)13-18)14-26-28-23(31)20(11-15-7-3-1-4-8-15)27-22(30)16-9-5-2-6-10-16/h1-14,29H,(H,27,30)(H,28,31). The number of hydrogen-bond donors (Lipinski definition) is 3. The summed E-state index contributed by atoms with van der Waals surface area (Å²) in [6, 6.07) is 21.0. The van der Waals surface area contributed by atoms with Gasteiger partial charge in [0.2, 0.25) is 0 Å². The number of benzene rings is 3. The highest BCUT2D eigenvalue weighted by atomic mass is 79.9. The summed E-state index contributed by atoms with van der Waals surface area (Å²) in [4.78, 5) is 25.3. The molecule has 31 heavy (non-hydrogen) atoms. The maximum Gasteiger partial charge on any atom is 0.287 e. The second-order valence-electron chi connectivity index (χ2n) is 6.31. The molecule has 0 bridgehead atoms. The molecule has 3 aromatic rings. The highest BCUT2D eigenvalue weighted by Crippen LogP contribution is 2.30. The zero-order valence-electron chi connectivity index (χ0n) is 16.0. The van der Waals surface area contributed by atoms with Crippen molar-refractivity contribution in [1.29, 1.82) is 0 Å². The zero-order valence-corrected chi connectivity index (χ0v) is 19.2. The van der Waals surface area contributed by atoms with Crippen LogP contribution in [0.25, 0.3) is 6.08 Å². The van der Waals surface area contributed by atoms with E-state index in [9.17, 15) is 14.7 Å². The predicted octanol–water partition coefficient (Wildman–Crippen LogP) is 4.84. The van der Waals surface area contributed by atoms with Crippen molar-refractivity contribution < 1.29 is 14.7 Å². The quantitative estimate of drug-likeness (QED) is 0.236. The molecule has 0 spiro atoms. The van der Waals surface area contributed by atoms with Crippen LogP contribution in [-0.4, -0.2) is 23.1 Å². The normalized spacial score (nSPS) is 11.4. The van der Waals surface area contributed by atoms with Crippen LogP contribution in [0.5, 0.6) is 5.75 Å². The van der Waals surface area contributed by atoms with E-state index >= 15 is 0 Å². The fourth-order valence-electron chi connectivity index (χ4n) is 2.56. The second-order valence-corrected chi connectivity index (χ2v) is 8.08. The number of halogens is 2. The summed E-state index contributed by atoms with van der Waals surface area (Å²) in [7, 11) is 0. The van der Waals surface area contributed by atoms with Gasteiger partial charge in [0.05, 0.1) is 10.7 Å². The van der Waals surface area contributed by atoms with Gasteiger partial charge in [-0.05, 0) is 51.8 Å². The maximum atomic E-state index is 12.7. The molecular formula is C23H17Br2N3O3. The molecule has 0 aliphatic carbocycles. The van der Waals surface area contributed by atoms with E-state index < -0.39 is 11.8 Å². The molecule has 8 heteroatoms. The topological polar surface area (TPSA) is 90.8 Å². The molecule has 0 heterocycles. The molecule has 0 atom stereocenters. The van der Waals surface area contributed by atoms with Gasteiger partial charge in [0.1, 0.15) is 11.4 Å². The van der Waals surface area contributed by atoms with Gasteiger partial charge in [0.15, 0.2) is 0 Å². The van der Waals surface area contributed by atoms with E-state index in [1.165, 1.54) is 6.21 Å². The summed E-state index contributed by atoms with van der Waals surface area (Å²) in [5, 5.41) is 16.6. The third kappa shape index (κ3) is 6.37. The van der Waals surface area contributed by atoms with Gasteiger partial charge in [-0.3, -0.25) is 9.59 Å².